The highest BCUT2D eigenvalue weighted by Gasteiger charge is 2.25. The van der Waals surface area contributed by atoms with E-state index < -0.39 is 0 Å². The highest BCUT2D eigenvalue weighted by Crippen LogP contribution is 2.34. The molecule has 0 atom stereocenters. The molecule has 2 rings (SSSR count). The first-order valence-electron chi connectivity index (χ1n) is 6.07. The third-order valence-electron chi connectivity index (χ3n) is 2.42. The maximum Gasteiger partial charge on any atom is 0.171 e. The third-order valence-corrected chi connectivity index (χ3v) is 2.42. The largest absolute Gasteiger partial charge is 0.489 e. The number of pyridine rings is 1. The molecular formula is C13H20N2O2. The minimum Gasteiger partial charge on any atom is -0.489 e. The van der Waals surface area contributed by atoms with Gasteiger partial charge in [0.1, 0.15) is 5.75 Å². The lowest BCUT2D eigenvalue weighted by Crippen LogP contribution is -2.14. The number of rotatable bonds is 5. The molecule has 0 aromatic carbocycles. The highest BCUT2D eigenvalue weighted by molar-refractivity contribution is 5.54. The fourth-order valence-electron chi connectivity index (χ4n) is 1.54. The van der Waals surface area contributed by atoms with E-state index in [1.807, 2.05) is 38.9 Å². The van der Waals surface area contributed by atoms with Gasteiger partial charge in [0.05, 0.1) is 18.4 Å². The summed E-state index contributed by atoms with van der Waals surface area (Å²) in [6, 6.07) is 1.93. The van der Waals surface area contributed by atoms with Crippen LogP contribution in [0.3, 0.4) is 0 Å². The Morgan fingerprint density at radius 1 is 1.35 bits per heavy atom. The average Bonchev–Trinajstić information content (AvgIpc) is 3.00. The molecule has 94 valence electrons. The minimum absolute atomic E-state index is 0.149. The molecule has 0 saturated heterocycles. The van der Waals surface area contributed by atoms with Crippen molar-refractivity contribution in [3.05, 3.63) is 12.3 Å². The molecule has 0 aliphatic heterocycles. The van der Waals surface area contributed by atoms with Gasteiger partial charge in [-0.15, -0.1) is 0 Å². The van der Waals surface area contributed by atoms with E-state index in [9.17, 15) is 0 Å². The van der Waals surface area contributed by atoms with Crippen LogP contribution in [0.5, 0.6) is 11.5 Å². The molecule has 1 fully saturated rings. The molecule has 1 aliphatic carbocycles. The molecule has 4 heteroatoms. The second-order valence-electron chi connectivity index (χ2n) is 4.87. The number of anilines is 1. The molecule has 4 nitrogen and oxygen atoms in total. The Hall–Kier alpha value is -1.45. The molecule has 1 saturated carbocycles. The van der Waals surface area contributed by atoms with Gasteiger partial charge in [-0.3, -0.25) is 0 Å². The Balaban J connectivity index is 2.21. The van der Waals surface area contributed by atoms with Crippen LogP contribution in [0.1, 0.15) is 26.7 Å². The standard InChI is InChI=1S/C13H20N2O2/c1-9(2)16-11-7-12(17-10-5-6-10)13(14-8-11)15(3)4/h7-10H,5-6H2,1-4H3. The fourth-order valence-corrected chi connectivity index (χ4v) is 1.54. The maximum atomic E-state index is 5.86. The molecule has 1 aromatic heterocycles. The normalized spacial score (nSPS) is 14.9. The molecule has 0 radical (unpaired) electrons. The second kappa shape index (κ2) is 4.82. The van der Waals surface area contributed by atoms with Crippen molar-refractivity contribution < 1.29 is 9.47 Å². The van der Waals surface area contributed by atoms with Crippen molar-refractivity contribution >= 4 is 5.82 Å². The first-order valence-corrected chi connectivity index (χ1v) is 6.07. The van der Waals surface area contributed by atoms with Crippen LogP contribution in [0.25, 0.3) is 0 Å². The van der Waals surface area contributed by atoms with Crippen LogP contribution in [-0.4, -0.2) is 31.3 Å². The summed E-state index contributed by atoms with van der Waals surface area (Å²) in [5.74, 6) is 2.44. The predicted octanol–water partition coefficient (Wildman–Crippen LogP) is 2.48. The van der Waals surface area contributed by atoms with Gasteiger partial charge in [-0.25, -0.2) is 4.98 Å². The Kier molecular flexibility index (Phi) is 3.41. The van der Waals surface area contributed by atoms with Crippen LogP contribution in [0.4, 0.5) is 5.82 Å². The van der Waals surface area contributed by atoms with Crippen molar-refractivity contribution in [1.29, 1.82) is 0 Å². The topological polar surface area (TPSA) is 34.6 Å². The maximum absolute atomic E-state index is 5.86. The summed E-state index contributed by atoms with van der Waals surface area (Å²) >= 11 is 0. The molecule has 0 spiro atoms. The molecule has 17 heavy (non-hydrogen) atoms. The average molecular weight is 236 g/mol. The zero-order valence-corrected chi connectivity index (χ0v) is 10.9. The van der Waals surface area contributed by atoms with E-state index in [2.05, 4.69) is 4.98 Å². The van der Waals surface area contributed by atoms with Gasteiger partial charge in [0, 0.05) is 20.2 Å². The van der Waals surface area contributed by atoms with E-state index in [0.717, 1.165) is 30.2 Å². The third kappa shape index (κ3) is 3.25. The summed E-state index contributed by atoms with van der Waals surface area (Å²) in [6.07, 6.45) is 4.54. The van der Waals surface area contributed by atoms with E-state index in [0.29, 0.717) is 6.10 Å². The Morgan fingerprint density at radius 3 is 2.59 bits per heavy atom. The molecular weight excluding hydrogens is 216 g/mol. The number of hydrogen-bond donors (Lipinski definition) is 0. The molecule has 1 heterocycles. The quantitative estimate of drug-likeness (QED) is 0.786. The monoisotopic (exact) mass is 236 g/mol. The lowest BCUT2D eigenvalue weighted by Gasteiger charge is -2.18. The summed E-state index contributed by atoms with van der Waals surface area (Å²) in [4.78, 5) is 6.34. The number of ether oxygens (including phenoxy) is 2. The van der Waals surface area contributed by atoms with Crippen LogP contribution in [0.2, 0.25) is 0 Å². The Labute approximate surface area is 103 Å². The summed E-state index contributed by atoms with van der Waals surface area (Å²) in [5, 5.41) is 0. The van der Waals surface area contributed by atoms with E-state index >= 15 is 0 Å². The SMILES string of the molecule is CC(C)Oc1cnc(N(C)C)c(OC2CC2)c1. The van der Waals surface area contributed by atoms with Gasteiger partial charge in [-0.05, 0) is 26.7 Å². The lowest BCUT2D eigenvalue weighted by atomic mass is 10.3. The number of aromatic nitrogens is 1. The Morgan fingerprint density at radius 2 is 2.06 bits per heavy atom. The van der Waals surface area contributed by atoms with Crippen LogP contribution < -0.4 is 14.4 Å². The van der Waals surface area contributed by atoms with Gasteiger partial charge in [0.25, 0.3) is 0 Å². The van der Waals surface area contributed by atoms with Crippen molar-refractivity contribution in [1.82, 2.24) is 4.98 Å². The van der Waals surface area contributed by atoms with Crippen LogP contribution in [0.15, 0.2) is 12.3 Å². The van der Waals surface area contributed by atoms with Gasteiger partial charge >= 0.3 is 0 Å². The molecule has 0 unspecified atom stereocenters. The summed E-state index contributed by atoms with van der Waals surface area (Å²) in [7, 11) is 3.93. The molecule has 1 aliphatic rings. The van der Waals surface area contributed by atoms with E-state index in [1.165, 1.54) is 0 Å². The van der Waals surface area contributed by atoms with Crippen LogP contribution in [0, 0.1) is 0 Å². The lowest BCUT2D eigenvalue weighted by molar-refractivity contribution is 0.238. The Bertz CT molecular complexity index is 387. The number of nitrogens with zero attached hydrogens (tertiary/aromatic N) is 2. The molecule has 0 bridgehead atoms. The minimum atomic E-state index is 0.149. The molecule has 0 N–H and O–H groups in total. The van der Waals surface area contributed by atoms with Gasteiger partial charge in [0.2, 0.25) is 0 Å². The van der Waals surface area contributed by atoms with Crippen LogP contribution >= 0.6 is 0 Å². The highest BCUT2D eigenvalue weighted by atomic mass is 16.5. The van der Waals surface area contributed by atoms with Crippen molar-refractivity contribution in [2.75, 3.05) is 19.0 Å². The summed E-state index contributed by atoms with van der Waals surface area (Å²) < 4.78 is 11.5. The van der Waals surface area contributed by atoms with E-state index in [1.54, 1.807) is 6.20 Å². The van der Waals surface area contributed by atoms with Gasteiger partial charge in [-0.1, -0.05) is 0 Å². The zero-order chi connectivity index (χ0) is 12.4. The second-order valence-corrected chi connectivity index (χ2v) is 4.87. The van der Waals surface area contributed by atoms with E-state index in [-0.39, 0.29) is 6.10 Å². The molecule has 0 amide bonds. The number of hydrogen-bond acceptors (Lipinski definition) is 4. The van der Waals surface area contributed by atoms with Crippen molar-refractivity contribution in [2.45, 2.75) is 38.9 Å². The van der Waals surface area contributed by atoms with Crippen molar-refractivity contribution in [2.24, 2.45) is 0 Å². The predicted molar refractivity (Wildman–Crippen MR) is 68.0 cm³/mol. The zero-order valence-electron chi connectivity index (χ0n) is 10.9. The van der Waals surface area contributed by atoms with Gasteiger partial charge in [0.15, 0.2) is 11.6 Å². The summed E-state index contributed by atoms with van der Waals surface area (Å²) in [6.45, 7) is 4.00. The van der Waals surface area contributed by atoms with Crippen LogP contribution in [-0.2, 0) is 0 Å². The van der Waals surface area contributed by atoms with Gasteiger partial charge < -0.3 is 14.4 Å². The summed E-state index contributed by atoms with van der Waals surface area (Å²) in [5.41, 5.74) is 0. The van der Waals surface area contributed by atoms with Crippen molar-refractivity contribution in [3.63, 3.8) is 0 Å². The fraction of sp³-hybridized carbons (Fsp3) is 0.615. The molecule has 1 aromatic rings. The van der Waals surface area contributed by atoms with Crippen molar-refractivity contribution in [3.8, 4) is 11.5 Å². The smallest absolute Gasteiger partial charge is 0.171 e. The van der Waals surface area contributed by atoms with Gasteiger partial charge in [-0.2, -0.15) is 0 Å². The first-order chi connectivity index (χ1) is 8.06. The first kappa shape index (κ1) is 12.0. The van der Waals surface area contributed by atoms with E-state index in [4.69, 9.17) is 9.47 Å².